The van der Waals surface area contributed by atoms with Gasteiger partial charge in [-0.25, -0.2) is 0 Å². The maximum Gasteiger partial charge on any atom is 0.0646 e. The van der Waals surface area contributed by atoms with Gasteiger partial charge in [-0.2, -0.15) is 0 Å². The van der Waals surface area contributed by atoms with Gasteiger partial charge < -0.3 is 15.5 Å². The Morgan fingerprint density at radius 2 is 2.14 bits per heavy atom. The van der Waals surface area contributed by atoms with Crippen molar-refractivity contribution in [1.29, 1.82) is 0 Å². The molecule has 3 unspecified atom stereocenters. The first kappa shape index (κ1) is 12.0. The van der Waals surface area contributed by atoms with Crippen LogP contribution in [0.5, 0.6) is 0 Å². The van der Waals surface area contributed by atoms with Crippen molar-refractivity contribution in [2.45, 2.75) is 45.3 Å². The Hall–Kier alpha value is -0.120. The van der Waals surface area contributed by atoms with Crippen LogP contribution in [0.1, 0.15) is 33.6 Å². The number of rotatable bonds is 3. The number of aliphatic hydroxyl groups is 2. The molecule has 0 radical (unpaired) electrons. The molecule has 1 fully saturated rings. The van der Waals surface area contributed by atoms with Gasteiger partial charge in [0.25, 0.3) is 0 Å². The van der Waals surface area contributed by atoms with E-state index in [4.69, 9.17) is 0 Å². The lowest BCUT2D eigenvalue weighted by Crippen LogP contribution is -2.45. The fourth-order valence-electron chi connectivity index (χ4n) is 1.88. The Morgan fingerprint density at radius 1 is 1.50 bits per heavy atom. The topological polar surface area (TPSA) is 52.5 Å². The van der Waals surface area contributed by atoms with Crippen LogP contribution in [0, 0.1) is 11.8 Å². The predicted octanol–water partition coefficient (Wildman–Crippen LogP) is 0.754. The SMILES string of the molecule is CC(C)C(C)(O)CC1CNCCC1O. The molecule has 3 nitrogen and oxygen atoms in total. The first-order valence-corrected chi connectivity index (χ1v) is 5.54. The summed E-state index contributed by atoms with van der Waals surface area (Å²) < 4.78 is 0. The zero-order valence-electron chi connectivity index (χ0n) is 9.45. The van der Waals surface area contributed by atoms with Gasteiger partial charge in [-0.1, -0.05) is 13.8 Å². The quantitative estimate of drug-likeness (QED) is 0.631. The molecule has 3 heteroatoms. The van der Waals surface area contributed by atoms with E-state index in [9.17, 15) is 10.2 Å². The third kappa shape index (κ3) is 2.94. The van der Waals surface area contributed by atoms with Crippen LogP contribution >= 0.6 is 0 Å². The first-order chi connectivity index (χ1) is 6.43. The van der Waals surface area contributed by atoms with Crippen molar-refractivity contribution in [3.8, 4) is 0 Å². The van der Waals surface area contributed by atoms with Crippen LogP contribution in [0.3, 0.4) is 0 Å². The van der Waals surface area contributed by atoms with Gasteiger partial charge in [-0.05, 0) is 32.2 Å². The summed E-state index contributed by atoms with van der Waals surface area (Å²) in [5, 5.41) is 23.1. The zero-order valence-corrected chi connectivity index (χ0v) is 9.45. The van der Waals surface area contributed by atoms with E-state index >= 15 is 0 Å². The Kier molecular flexibility index (Phi) is 3.93. The molecule has 0 aromatic heterocycles. The van der Waals surface area contributed by atoms with Gasteiger partial charge in [0.1, 0.15) is 0 Å². The Bertz CT molecular complexity index is 180. The van der Waals surface area contributed by atoms with Crippen molar-refractivity contribution in [3.63, 3.8) is 0 Å². The van der Waals surface area contributed by atoms with Gasteiger partial charge in [-0.15, -0.1) is 0 Å². The minimum absolute atomic E-state index is 0.196. The molecule has 0 spiro atoms. The lowest BCUT2D eigenvalue weighted by Gasteiger charge is -2.36. The third-order valence-electron chi connectivity index (χ3n) is 3.49. The third-order valence-corrected chi connectivity index (χ3v) is 3.49. The maximum atomic E-state index is 10.1. The molecule has 0 aliphatic carbocycles. The molecule has 1 saturated heterocycles. The molecule has 3 atom stereocenters. The van der Waals surface area contributed by atoms with Crippen LogP contribution in [0.25, 0.3) is 0 Å². The minimum atomic E-state index is -0.662. The molecule has 84 valence electrons. The second-order valence-corrected chi connectivity index (χ2v) is 5.04. The second kappa shape index (κ2) is 4.60. The summed E-state index contributed by atoms with van der Waals surface area (Å²) in [5.41, 5.74) is -0.662. The first-order valence-electron chi connectivity index (χ1n) is 5.54. The average Bonchev–Trinajstić information content (AvgIpc) is 2.08. The van der Waals surface area contributed by atoms with E-state index in [0.717, 1.165) is 19.5 Å². The van der Waals surface area contributed by atoms with Crippen molar-refractivity contribution in [2.75, 3.05) is 13.1 Å². The monoisotopic (exact) mass is 201 g/mol. The van der Waals surface area contributed by atoms with Gasteiger partial charge in [0.2, 0.25) is 0 Å². The van der Waals surface area contributed by atoms with Crippen LogP contribution in [0.4, 0.5) is 0 Å². The normalized spacial score (nSPS) is 33.0. The molecule has 1 heterocycles. The molecule has 1 aliphatic heterocycles. The fourth-order valence-corrected chi connectivity index (χ4v) is 1.88. The highest BCUT2D eigenvalue weighted by molar-refractivity contribution is 4.86. The van der Waals surface area contributed by atoms with E-state index in [1.54, 1.807) is 0 Å². The lowest BCUT2D eigenvalue weighted by atomic mass is 9.80. The van der Waals surface area contributed by atoms with E-state index in [1.165, 1.54) is 0 Å². The number of hydrogen-bond acceptors (Lipinski definition) is 3. The molecule has 3 N–H and O–H groups in total. The summed E-state index contributed by atoms with van der Waals surface area (Å²) in [6, 6.07) is 0. The number of aliphatic hydroxyl groups excluding tert-OH is 1. The Labute approximate surface area is 86.5 Å². The lowest BCUT2D eigenvalue weighted by molar-refractivity contribution is -0.0375. The van der Waals surface area contributed by atoms with E-state index in [1.807, 2.05) is 20.8 Å². The van der Waals surface area contributed by atoms with E-state index in [2.05, 4.69) is 5.32 Å². The van der Waals surface area contributed by atoms with Gasteiger partial charge in [-0.3, -0.25) is 0 Å². The summed E-state index contributed by atoms with van der Waals surface area (Å²) >= 11 is 0. The largest absolute Gasteiger partial charge is 0.393 e. The highest BCUT2D eigenvalue weighted by Crippen LogP contribution is 2.28. The van der Waals surface area contributed by atoms with Gasteiger partial charge in [0.05, 0.1) is 11.7 Å². The van der Waals surface area contributed by atoms with Gasteiger partial charge in [0, 0.05) is 12.5 Å². The van der Waals surface area contributed by atoms with Crippen LogP contribution in [-0.2, 0) is 0 Å². The zero-order chi connectivity index (χ0) is 10.8. The summed E-state index contributed by atoms with van der Waals surface area (Å²) in [5.74, 6) is 0.428. The van der Waals surface area contributed by atoms with Crippen LogP contribution in [0.15, 0.2) is 0 Å². The molecular formula is C11H23NO2. The molecule has 0 amide bonds. The Balaban J connectivity index is 2.49. The number of nitrogens with one attached hydrogen (secondary N) is 1. The van der Waals surface area contributed by atoms with Crippen molar-refractivity contribution in [1.82, 2.24) is 5.32 Å². The van der Waals surface area contributed by atoms with Gasteiger partial charge in [0.15, 0.2) is 0 Å². The summed E-state index contributed by atoms with van der Waals surface area (Å²) in [6.07, 6.45) is 1.24. The highest BCUT2D eigenvalue weighted by atomic mass is 16.3. The van der Waals surface area contributed by atoms with Crippen molar-refractivity contribution in [2.24, 2.45) is 11.8 Å². The molecule has 0 aromatic carbocycles. The molecule has 1 aliphatic rings. The average molecular weight is 201 g/mol. The van der Waals surface area contributed by atoms with Crippen molar-refractivity contribution >= 4 is 0 Å². The smallest absolute Gasteiger partial charge is 0.0646 e. The molecule has 0 bridgehead atoms. The van der Waals surface area contributed by atoms with Gasteiger partial charge >= 0.3 is 0 Å². The number of piperidine rings is 1. The fraction of sp³-hybridized carbons (Fsp3) is 1.00. The van der Waals surface area contributed by atoms with Crippen LogP contribution < -0.4 is 5.32 Å². The van der Waals surface area contributed by atoms with E-state index < -0.39 is 5.60 Å². The maximum absolute atomic E-state index is 10.1. The van der Waals surface area contributed by atoms with Crippen molar-refractivity contribution in [3.05, 3.63) is 0 Å². The summed E-state index contributed by atoms with van der Waals surface area (Å²) in [4.78, 5) is 0. The second-order valence-electron chi connectivity index (χ2n) is 5.04. The Morgan fingerprint density at radius 3 is 2.64 bits per heavy atom. The summed E-state index contributed by atoms with van der Waals surface area (Å²) in [6.45, 7) is 7.61. The summed E-state index contributed by atoms with van der Waals surface area (Å²) in [7, 11) is 0. The molecule has 0 aromatic rings. The molecular weight excluding hydrogens is 178 g/mol. The van der Waals surface area contributed by atoms with Crippen LogP contribution in [-0.4, -0.2) is 35.0 Å². The molecule has 0 saturated carbocycles. The highest BCUT2D eigenvalue weighted by Gasteiger charge is 2.33. The van der Waals surface area contributed by atoms with E-state index in [0.29, 0.717) is 6.42 Å². The standard InChI is InChI=1S/C11H23NO2/c1-8(2)11(3,14)6-9-7-12-5-4-10(9)13/h8-10,12-14H,4-7H2,1-3H3. The van der Waals surface area contributed by atoms with Crippen molar-refractivity contribution < 1.29 is 10.2 Å². The van der Waals surface area contributed by atoms with Crippen LogP contribution in [0.2, 0.25) is 0 Å². The number of hydrogen-bond donors (Lipinski definition) is 3. The minimum Gasteiger partial charge on any atom is -0.393 e. The molecule has 1 rings (SSSR count). The van der Waals surface area contributed by atoms with E-state index in [-0.39, 0.29) is 17.9 Å². The predicted molar refractivity (Wildman–Crippen MR) is 57.1 cm³/mol. The molecule has 14 heavy (non-hydrogen) atoms.